The number of aliphatic hydroxyl groups excluding tert-OH is 2. The van der Waals surface area contributed by atoms with Crippen molar-refractivity contribution in [3.8, 4) is 11.8 Å². The van der Waals surface area contributed by atoms with E-state index in [2.05, 4.69) is 15.2 Å². The van der Waals surface area contributed by atoms with Gasteiger partial charge in [0, 0.05) is 6.42 Å². The number of hydrogen-bond donors (Lipinski definition) is 4. The quantitative estimate of drug-likeness (QED) is 0.191. The van der Waals surface area contributed by atoms with E-state index in [-0.39, 0.29) is 23.9 Å². The van der Waals surface area contributed by atoms with Crippen LogP contribution in [-0.4, -0.2) is 80.6 Å². The zero-order valence-corrected chi connectivity index (χ0v) is 22.8. The minimum atomic E-state index is -4.42. The average molecular weight is 589 g/mol. The van der Waals surface area contributed by atoms with Gasteiger partial charge < -0.3 is 34.7 Å². The number of ether oxygens (including phenoxy) is 3. The van der Waals surface area contributed by atoms with E-state index in [1.807, 2.05) is 6.07 Å². The number of para-hydroxylation sites is 1. The number of rotatable bonds is 10. The van der Waals surface area contributed by atoms with Gasteiger partial charge in [-0.25, -0.2) is 14.1 Å². The summed E-state index contributed by atoms with van der Waals surface area (Å²) in [5.41, 5.74) is 4.41. The molecule has 0 unspecified atom stereocenters. The maximum Gasteiger partial charge on any atom is 0.459 e. The highest BCUT2D eigenvalue weighted by molar-refractivity contribution is 7.52. The molecule has 7 atom stereocenters. The van der Waals surface area contributed by atoms with Crippen molar-refractivity contribution in [1.82, 2.24) is 19.7 Å². The molecule has 2 aliphatic heterocycles. The Labute approximate surface area is 234 Å². The minimum absolute atomic E-state index is 0.141. The van der Waals surface area contributed by atoms with Gasteiger partial charge >= 0.3 is 13.7 Å². The molecule has 0 amide bonds. The molecule has 2 saturated heterocycles. The third-order valence-electron chi connectivity index (χ3n) is 6.73. The number of carbonyl (C=O) groups excluding carboxylic acids is 1. The molecule has 2 aromatic heterocycles. The molecule has 5 N–H and O–H groups in total. The van der Waals surface area contributed by atoms with Crippen molar-refractivity contribution in [2.45, 2.75) is 49.4 Å². The van der Waals surface area contributed by atoms with E-state index in [0.29, 0.717) is 18.5 Å². The van der Waals surface area contributed by atoms with Crippen LogP contribution in [0.1, 0.15) is 25.1 Å². The van der Waals surface area contributed by atoms with Crippen LogP contribution in [0.2, 0.25) is 0 Å². The van der Waals surface area contributed by atoms with E-state index >= 15 is 0 Å². The molecule has 218 valence electrons. The number of fused-ring (bicyclic) bond motifs is 1. The number of anilines is 1. The van der Waals surface area contributed by atoms with Gasteiger partial charge in [0.2, 0.25) is 5.60 Å². The Morgan fingerprint density at radius 3 is 2.83 bits per heavy atom. The molecule has 0 bridgehead atoms. The lowest BCUT2D eigenvalue weighted by Crippen LogP contribution is -2.46. The molecular formula is C25H29N6O9P. The fourth-order valence-corrected chi connectivity index (χ4v) is 6.05. The lowest BCUT2D eigenvalue weighted by atomic mass is 9.96. The third kappa shape index (κ3) is 5.90. The molecule has 2 fully saturated rings. The summed E-state index contributed by atoms with van der Waals surface area (Å²) < 4.78 is 43.0. The average Bonchev–Trinajstić information content (AvgIpc) is 3.69. The Hall–Kier alpha value is -3.61. The number of aromatic nitrogens is 3. The molecule has 1 aromatic carbocycles. The normalized spacial score (nSPS) is 28.1. The molecule has 0 spiro atoms. The maximum atomic E-state index is 13.9. The van der Waals surface area contributed by atoms with Crippen LogP contribution in [0.5, 0.6) is 5.75 Å². The predicted molar refractivity (Wildman–Crippen MR) is 140 cm³/mol. The molecule has 0 radical (unpaired) electrons. The maximum absolute atomic E-state index is 13.9. The number of nitriles is 1. The second-order valence-corrected chi connectivity index (χ2v) is 11.3. The van der Waals surface area contributed by atoms with E-state index in [4.69, 9.17) is 29.0 Å². The molecule has 41 heavy (non-hydrogen) atoms. The SMILES string of the molecule is C[C@H](N[P@@](=O)(OC[C@@]1(C#N)O[C@@H](c2ccc3c(N)ncnn23)[C@H](O)[C@@H]1O)Oc1ccccc1)C(=O)O[C@@H]1CCOC1. The van der Waals surface area contributed by atoms with Crippen molar-refractivity contribution in [2.75, 3.05) is 25.6 Å². The first-order valence-electron chi connectivity index (χ1n) is 12.7. The summed E-state index contributed by atoms with van der Waals surface area (Å²) in [5, 5.41) is 38.5. The van der Waals surface area contributed by atoms with Crippen LogP contribution in [0.3, 0.4) is 0 Å². The van der Waals surface area contributed by atoms with Gasteiger partial charge in [0.1, 0.15) is 60.7 Å². The first-order chi connectivity index (χ1) is 19.6. The Bertz CT molecular complexity index is 1480. The molecule has 2 aliphatic rings. The summed E-state index contributed by atoms with van der Waals surface area (Å²) >= 11 is 0. The number of carbonyl (C=O) groups is 1. The molecule has 16 heteroatoms. The molecule has 5 rings (SSSR count). The summed E-state index contributed by atoms with van der Waals surface area (Å²) in [4.78, 5) is 16.6. The van der Waals surface area contributed by atoms with Gasteiger partial charge in [0.15, 0.2) is 5.82 Å². The van der Waals surface area contributed by atoms with Crippen molar-refractivity contribution in [3.05, 3.63) is 54.5 Å². The number of hydrogen-bond acceptors (Lipinski definition) is 13. The first kappa shape index (κ1) is 28.9. The van der Waals surface area contributed by atoms with Crippen LogP contribution >= 0.6 is 7.75 Å². The van der Waals surface area contributed by atoms with Crippen LogP contribution in [0, 0.1) is 11.3 Å². The van der Waals surface area contributed by atoms with E-state index in [0.717, 1.165) is 0 Å². The first-order valence-corrected chi connectivity index (χ1v) is 14.3. The number of nitrogens with two attached hydrogens (primary N) is 1. The summed E-state index contributed by atoms with van der Waals surface area (Å²) in [6.07, 6.45) is -3.33. The molecule has 15 nitrogen and oxygen atoms in total. The topological polar surface area (TPSA) is 213 Å². The second kappa shape index (κ2) is 11.7. The van der Waals surface area contributed by atoms with Gasteiger partial charge in [-0.2, -0.15) is 15.4 Å². The highest BCUT2D eigenvalue weighted by atomic mass is 31.2. The van der Waals surface area contributed by atoms with Crippen molar-refractivity contribution in [3.63, 3.8) is 0 Å². The van der Waals surface area contributed by atoms with Gasteiger partial charge in [-0.05, 0) is 31.2 Å². The van der Waals surface area contributed by atoms with Crippen LogP contribution in [0.15, 0.2) is 48.8 Å². The number of nitrogens with one attached hydrogen (secondary N) is 1. The van der Waals surface area contributed by atoms with E-state index in [1.54, 1.807) is 30.3 Å². The van der Waals surface area contributed by atoms with Gasteiger partial charge in [-0.1, -0.05) is 18.2 Å². The van der Waals surface area contributed by atoms with Crippen molar-refractivity contribution >= 4 is 25.1 Å². The largest absolute Gasteiger partial charge is 0.459 e. The Morgan fingerprint density at radius 2 is 2.12 bits per heavy atom. The van der Waals surface area contributed by atoms with Gasteiger partial charge in [0.05, 0.1) is 18.9 Å². The molecular weight excluding hydrogens is 559 g/mol. The van der Waals surface area contributed by atoms with E-state index < -0.39 is 56.4 Å². The smallest absolute Gasteiger partial charge is 0.459 e. The monoisotopic (exact) mass is 588 g/mol. The number of nitrogens with zero attached hydrogens (tertiary/aromatic N) is 4. The Kier molecular flexibility index (Phi) is 8.25. The summed E-state index contributed by atoms with van der Waals surface area (Å²) in [5.74, 6) is -0.404. The van der Waals surface area contributed by atoms with Crippen LogP contribution in [0.25, 0.3) is 5.52 Å². The molecule has 4 heterocycles. The summed E-state index contributed by atoms with van der Waals surface area (Å²) in [6, 6.07) is 11.9. The van der Waals surface area contributed by atoms with Gasteiger partial charge in [0.25, 0.3) is 0 Å². The standard InChI is InChI=1S/C25H29N6O9P/c1-15(24(34)38-17-9-10-36-11-17)30-41(35,40-16-5-3-2-4-6-16)37-13-25(12-26)22(33)20(32)21(39-25)18-7-8-19-23(27)28-14-29-31(18)19/h2-8,14-15,17,20-22,32-33H,9-11,13H2,1H3,(H,30,35)(H2,27,28,29)/t15-,17+,20-,21-,22-,25+,41+/m0/s1. The van der Waals surface area contributed by atoms with Crippen molar-refractivity contribution in [1.29, 1.82) is 5.26 Å². The second-order valence-electron chi connectivity index (χ2n) is 9.62. The lowest BCUT2D eigenvalue weighted by molar-refractivity contribution is -0.150. The molecule has 3 aromatic rings. The number of aliphatic hydroxyl groups is 2. The lowest BCUT2D eigenvalue weighted by Gasteiger charge is -2.28. The van der Waals surface area contributed by atoms with Crippen molar-refractivity contribution < 1.29 is 42.8 Å². The summed E-state index contributed by atoms with van der Waals surface area (Å²) in [7, 11) is -4.42. The van der Waals surface area contributed by atoms with Crippen molar-refractivity contribution in [2.24, 2.45) is 0 Å². The van der Waals surface area contributed by atoms with Crippen LogP contribution in [-0.2, 0) is 28.1 Å². The van der Waals surface area contributed by atoms with E-state index in [9.17, 15) is 24.8 Å². The molecule has 0 aliphatic carbocycles. The third-order valence-corrected chi connectivity index (χ3v) is 8.36. The summed E-state index contributed by atoms with van der Waals surface area (Å²) in [6.45, 7) is 1.32. The van der Waals surface area contributed by atoms with Crippen LogP contribution in [0.4, 0.5) is 5.82 Å². The Morgan fingerprint density at radius 1 is 1.34 bits per heavy atom. The number of esters is 1. The minimum Gasteiger partial charge on any atom is -0.459 e. The highest BCUT2D eigenvalue weighted by Crippen LogP contribution is 2.48. The molecule has 0 saturated carbocycles. The zero-order valence-electron chi connectivity index (χ0n) is 21.9. The highest BCUT2D eigenvalue weighted by Gasteiger charge is 2.57. The van der Waals surface area contributed by atoms with Gasteiger partial charge in [-0.3, -0.25) is 9.32 Å². The van der Waals surface area contributed by atoms with Crippen LogP contribution < -0.4 is 15.3 Å². The Balaban J connectivity index is 1.36. The fraction of sp³-hybridized carbons (Fsp3) is 0.440. The predicted octanol–water partition coefficient (Wildman–Crippen LogP) is 0.881. The zero-order chi connectivity index (χ0) is 29.2. The van der Waals surface area contributed by atoms with Gasteiger partial charge in [-0.15, -0.1) is 0 Å². The fourth-order valence-electron chi connectivity index (χ4n) is 4.53. The van der Waals surface area contributed by atoms with E-state index in [1.165, 1.54) is 29.9 Å². The number of benzene rings is 1. The number of nitrogen functional groups attached to an aromatic ring is 1.